The van der Waals surface area contributed by atoms with Gasteiger partial charge in [0.2, 0.25) is 0 Å². The lowest BCUT2D eigenvalue weighted by Crippen LogP contribution is -2.29. The van der Waals surface area contributed by atoms with E-state index in [1.165, 1.54) is 60.3 Å². The Morgan fingerprint density at radius 1 is 0.273 bits per heavy atom. The zero-order chi connectivity index (χ0) is 50.6. The van der Waals surface area contributed by atoms with Gasteiger partial charge in [-0.3, -0.25) is 0 Å². The summed E-state index contributed by atoms with van der Waals surface area (Å²) in [6, 6.07) is 101. The molecule has 2 aromatic heterocycles. The Hall–Kier alpha value is -10.2. The van der Waals surface area contributed by atoms with Crippen molar-refractivity contribution in [2.45, 2.75) is 5.41 Å². The van der Waals surface area contributed by atoms with Crippen molar-refractivity contribution in [3.63, 3.8) is 0 Å². The van der Waals surface area contributed by atoms with E-state index in [4.69, 9.17) is 8.83 Å². The Kier molecular flexibility index (Phi) is 9.52. The van der Waals surface area contributed by atoms with Crippen LogP contribution < -0.4 is 9.80 Å². The summed E-state index contributed by atoms with van der Waals surface area (Å²) in [5.74, 6) is 0. The van der Waals surface area contributed by atoms with Crippen molar-refractivity contribution in [2.24, 2.45) is 0 Å². The molecule has 0 saturated heterocycles. The van der Waals surface area contributed by atoms with Gasteiger partial charge in [-0.25, -0.2) is 0 Å². The van der Waals surface area contributed by atoms with Crippen LogP contribution >= 0.6 is 0 Å². The molecular weight excluding hydrogens is 937 g/mol. The van der Waals surface area contributed by atoms with Crippen molar-refractivity contribution in [1.82, 2.24) is 0 Å². The number of fused-ring (bicyclic) bond motifs is 16. The van der Waals surface area contributed by atoms with Crippen LogP contribution in [0, 0.1) is 0 Å². The number of anilines is 6. The topological polar surface area (TPSA) is 32.8 Å². The largest absolute Gasteiger partial charge is 0.454 e. The van der Waals surface area contributed by atoms with Crippen LogP contribution in [0.25, 0.3) is 87.3 Å². The minimum atomic E-state index is -0.726. The van der Waals surface area contributed by atoms with Gasteiger partial charge in [0.15, 0.2) is 11.2 Å². The van der Waals surface area contributed by atoms with Crippen LogP contribution in [0.5, 0.6) is 0 Å². The SMILES string of the molecule is c1ccc(N(c2ccc3c4c(ccc3c2)-c2c(c3ccc(N(c5ccccc5)c5cccc6c5oc5ccccc56)cc3c3ccccc23)C4(c2ccccc2)c2ccccc2)c2cccc3c2oc2ccccc23)cc1. The maximum Gasteiger partial charge on any atom is 0.159 e. The molecule has 4 heteroatoms. The molecule has 16 rings (SSSR count). The lowest BCUT2D eigenvalue weighted by atomic mass is 9.65. The highest BCUT2D eigenvalue weighted by Gasteiger charge is 2.49. The zero-order valence-electron chi connectivity index (χ0n) is 41.8. The number of hydrogen-bond acceptors (Lipinski definition) is 4. The first-order chi connectivity index (χ1) is 38.2. The molecule has 360 valence electrons. The van der Waals surface area contributed by atoms with Crippen molar-refractivity contribution in [3.8, 4) is 11.1 Å². The van der Waals surface area contributed by atoms with E-state index in [9.17, 15) is 0 Å². The summed E-state index contributed by atoms with van der Waals surface area (Å²) in [6.45, 7) is 0. The standard InChI is InChI=1S/C73H46N2O2/c1-5-21-48(22-6-1)73(49-23-7-2-8-24-49)69-54-43-40-52(74(50-25-9-3-10-26-50)64-35-19-33-60-56-30-15-17-37-66(56)76-71(60)64)45-47(54)39-42-62(69)68-58-32-14-13-29-55(58)63-46-53(41-44-59(63)70(68)73)75(51-27-11-4-12-28-51)65-36-20-34-61-57-31-16-18-38-67(57)77-72(61)65/h1-46H. The van der Waals surface area contributed by atoms with Gasteiger partial charge in [0.25, 0.3) is 0 Å². The molecule has 0 amide bonds. The molecule has 1 aliphatic carbocycles. The molecule has 0 N–H and O–H groups in total. The summed E-state index contributed by atoms with van der Waals surface area (Å²) in [5, 5.41) is 11.6. The second-order valence-electron chi connectivity index (χ2n) is 20.2. The molecule has 1 aliphatic rings. The summed E-state index contributed by atoms with van der Waals surface area (Å²) >= 11 is 0. The summed E-state index contributed by atoms with van der Waals surface area (Å²) in [6.07, 6.45) is 0. The molecule has 13 aromatic carbocycles. The molecule has 0 aliphatic heterocycles. The van der Waals surface area contributed by atoms with Crippen LogP contribution in [0.1, 0.15) is 22.3 Å². The van der Waals surface area contributed by atoms with Gasteiger partial charge in [-0.15, -0.1) is 0 Å². The van der Waals surface area contributed by atoms with E-state index in [-0.39, 0.29) is 0 Å². The van der Waals surface area contributed by atoms with Crippen LogP contribution in [-0.4, -0.2) is 0 Å². The molecule has 0 radical (unpaired) electrons. The molecule has 0 bridgehead atoms. The predicted molar refractivity (Wildman–Crippen MR) is 320 cm³/mol. The smallest absolute Gasteiger partial charge is 0.159 e. The van der Waals surface area contributed by atoms with Gasteiger partial charge in [-0.1, -0.05) is 206 Å². The van der Waals surface area contributed by atoms with Crippen LogP contribution in [0.3, 0.4) is 0 Å². The highest BCUT2D eigenvalue weighted by Crippen LogP contribution is 2.62. The first-order valence-corrected chi connectivity index (χ1v) is 26.4. The number of hydrogen-bond donors (Lipinski definition) is 0. The van der Waals surface area contributed by atoms with E-state index in [1.807, 2.05) is 12.1 Å². The minimum absolute atomic E-state index is 0.726. The summed E-state index contributed by atoms with van der Waals surface area (Å²) in [7, 11) is 0. The molecule has 0 fully saturated rings. The minimum Gasteiger partial charge on any atom is -0.454 e. The van der Waals surface area contributed by atoms with Crippen LogP contribution in [0.2, 0.25) is 0 Å². The van der Waals surface area contributed by atoms with Gasteiger partial charge in [-0.05, 0) is 138 Å². The third kappa shape index (κ3) is 6.33. The van der Waals surface area contributed by atoms with E-state index in [1.54, 1.807) is 0 Å². The number of furan rings is 2. The van der Waals surface area contributed by atoms with E-state index in [0.717, 1.165) is 83.4 Å². The lowest BCUT2D eigenvalue weighted by Gasteiger charge is -2.36. The van der Waals surface area contributed by atoms with Gasteiger partial charge in [-0.2, -0.15) is 0 Å². The highest BCUT2D eigenvalue weighted by molar-refractivity contribution is 6.22. The second-order valence-corrected chi connectivity index (χ2v) is 20.2. The average molecular weight is 983 g/mol. The second kappa shape index (κ2) is 16.9. The van der Waals surface area contributed by atoms with Gasteiger partial charge < -0.3 is 18.6 Å². The first kappa shape index (κ1) is 43.3. The molecular formula is C73H46N2O2. The lowest BCUT2D eigenvalue weighted by molar-refractivity contribution is 0.668. The Morgan fingerprint density at radius 3 is 1.29 bits per heavy atom. The molecule has 15 aromatic rings. The molecule has 2 heterocycles. The number of benzene rings is 13. The fourth-order valence-electron chi connectivity index (χ4n) is 13.1. The van der Waals surface area contributed by atoms with E-state index in [2.05, 4.69) is 277 Å². The fraction of sp³-hybridized carbons (Fsp3) is 0.0137. The van der Waals surface area contributed by atoms with Crippen molar-refractivity contribution in [2.75, 3.05) is 9.80 Å². The van der Waals surface area contributed by atoms with Crippen LogP contribution in [0.15, 0.2) is 288 Å². The van der Waals surface area contributed by atoms with E-state index < -0.39 is 5.41 Å². The molecule has 0 spiro atoms. The molecule has 77 heavy (non-hydrogen) atoms. The van der Waals surface area contributed by atoms with Crippen molar-refractivity contribution in [1.29, 1.82) is 0 Å². The summed E-state index contributed by atoms with van der Waals surface area (Å²) in [4.78, 5) is 4.71. The van der Waals surface area contributed by atoms with Crippen LogP contribution in [0.4, 0.5) is 34.1 Å². The summed E-state index contributed by atoms with van der Waals surface area (Å²) < 4.78 is 13.5. The van der Waals surface area contributed by atoms with Crippen molar-refractivity contribution >= 4 is 110 Å². The highest BCUT2D eigenvalue weighted by atomic mass is 16.3. The predicted octanol–water partition coefficient (Wildman–Crippen LogP) is 20.2. The third-order valence-corrected chi connectivity index (χ3v) is 16.2. The molecule has 0 unspecified atom stereocenters. The van der Waals surface area contributed by atoms with E-state index >= 15 is 0 Å². The van der Waals surface area contributed by atoms with Gasteiger partial charge in [0, 0.05) is 44.3 Å². The van der Waals surface area contributed by atoms with Crippen molar-refractivity contribution < 1.29 is 8.83 Å². The quantitative estimate of drug-likeness (QED) is 0.142. The van der Waals surface area contributed by atoms with E-state index in [0.29, 0.717) is 0 Å². The zero-order valence-corrected chi connectivity index (χ0v) is 41.8. The maximum atomic E-state index is 6.77. The number of rotatable bonds is 8. The Morgan fingerprint density at radius 2 is 0.727 bits per heavy atom. The van der Waals surface area contributed by atoms with Gasteiger partial charge >= 0.3 is 0 Å². The summed E-state index contributed by atoms with van der Waals surface area (Å²) in [5.41, 5.74) is 16.4. The van der Waals surface area contributed by atoms with Crippen molar-refractivity contribution in [3.05, 3.63) is 301 Å². The normalized spacial score (nSPS) is 12.8. The Labute approximate surface area is 444 Å². The third-order valence-electron chi connectivity index (χ3n) is 16.2. The maximum absolute atomic E-state index is 6.77. The molecule has 4 nitrogen and oxygen atoms in total. The fourth-order valence-corrected chi connectivity index (χ4v) is 13.1. The monoisotopic (exact) mass is 982 g/mol. The van der Waals surface area contributed by atoms with Gasteiger partial charge in [0.1, 0.15) is 11.2 Å². The van der Waals surface area contributed by atoms with Gasteiger partial charge in [0.05, 0.1) is 16.8 Å². The number of nitrogens with zero attached hydrogens (tertiary/aromatic N) is 2. The molecule has 0 saturated carbocycles. The number of para-hydroxylation sites is 6. The average Bonchev–Trinajstić information content (AvgIpc) is 3.95. The first-order valence-electron chi connectivity index (χ1n) is 26.4. The van der Waals surface area contributed by atoms with Crippen LogP contribution in [-0.2, 0) is 5.41 Å². The Bertz CT molecular complexity index is 4770. The molecule has 0 atom stereocenters. The Balaban J connectivity index is 0.972.